The Morgan fingerprint density at radius 3 is 2.47 bits per heavy atom. The Hall–Kier alpha value is -1.31. The fraction of sp³-hybridized carbons (Fsp3) is 0.500. The third-order valence-electron chi connectivity index (χ3n) is 2.85. The minimum atomic E-state index is -3.74. The van der Waals surface area contributed by atoms with Gasteiger partial charge in [0.05, 0.1) is 28.9 Å². The maximum absolute atomic E-state index is 11.3. The summed E-state index contributed by atoms with van der Waals surface area (Å²) in [5.74, 6) is 0.303. The largest absolute Gasteiger partial charge is 0.397 e. The lowest BCUT2D eigenvalue weighted by atomic mass is 10.0. The van der Waals surface area contributed by atoms with Crippen molar-refractivity contribution in [3.63, 3.8) is 0 Å². The van der Waals surface area contributed by atoms with Gasteiger partial charge in [-0.1, -0.05) is 13.8 Å². The predicted octanol–water partition coefficient (Wildman–Crippen LogP) is 0.999. The Labute approximate surface area is 114 Å². The Kier molecular flexibility index (Phi) is 5.16. The number of methoxy groups -OCH3 is 1. The van der Waals surface area contributed by atoms with Gasteiger partial charge in [0.1, 0.15) is 0 Å². The Morgan fingerprint density at radius 1 is 1.37 bits per heavy atom. The first kappa shape index (κ1) is 15.7. The van der Waals surface area contributed by atoms with E-state index in [0.717, 1.165) is 0 Å². The highest BCUT2D eigenvalue weighted by atomic mass is 32.2. The maximum atomic E-state index is 11.3. The minimum Gasteiger partial charge on any atom is -0.397 e. The summed E-state index contributed by atoms with van der Waals surface area (Å²) in [5.41, 5.74) is 6.85. The van der Waals surface area contributed by atoms with E-state index in [1.807, 2.05) is 13.8 Å². The summed E-state index contributed by atoms with van der Waals surface area (Å²) in [6, 6.07) is 4.38. The van der Waals surface area contributed by atoms with Crippen molar-refractivity contribution >= 4 is 21.4 Å². The van der Waals surface area contributed by atoms with E-state index >= 15 is 0 Å². The number of nitrogens with two attached hydrogens (primary N) is 2. The molecule has 6 nitrogen and oxygen atoms in total. The molecule has 0 bridgehead atoms. The molecule has 0 fully saturated rings. The lowest BCUT2D eigenvalue weighted by Gasteiger charge is -2.23. The van der Waals surface area contributed by atoms with E-state index in [4.69, 9.17) is 15.6 Å². The molecule has 1 aromatic rings. The molecule has 1 unspecified atom stereocenters. The molecule has 0 aliphatic carbocycles. The summed E-state index contributed by atoms with van der Waals surface area (Å²) >= 11 is 0. The van der Waals surface area contributed by atoms with Gasteiger partial charge in [-0.2, -0.15) is 0 Å². The number of sulfonamides is 1. The van der Waals surface area contributed by atoms with Gasteiger partial charge in [0.2, 0.25) is 10.0 Å². The topological polar surface area (TPSA) is 107 Å². The molecule has 7 heteroatoms. The summed E-state index contributed by atoms with van der Waals surface area (Å²) < 4.78 is 27.8. The molecule has 0 radical (unpaired) electrons. The van der Waals surface area contributed by atoms with E-state index in [9.17, 15) is 8.42 Å². The number of ether oxygens (including phenoxy) is 1. The van der Waals surface area contributed by atoms with Gasteiger partial charge in [-0.15, -0.1) is 0 Å². The monoisotopic (exact) mass is 287 g/mol. The number of hydrogen-bond acceptors (Lipinski definition) is 5. The normalized spacial score (nSPS) is 13.5. The number of anilines is 2. The van der Waals surface area contributed by atoms with E-state index in [1.54, 1.807) is 7.11 Å². The summed E-state index contributed by atoms with van der Waals surface area (Å²) in [6.45, 7) is 4.57. The van der Waals surface area contributed by atoms with Crippen LogP contribution in [0.3, 0.4) is 0 Å². The second-order valence-corrected chi connectivity index (χ2v) is 6.31. The summed E-state index contributed by atoms with van der Waals surface area (Å²) in [5, 5.41) is 8.29. The van der Waals surface area contributed by atoms with Gasteiger partial charge in [-0.25, -0.2) is 13.6 Å². The lowest BCUT2D eigenvalue weighted by Crippen LogP contribution is -2.30. The molecule has 0 aromatic heterocycles. The fourth-order valence-electron chi connectivity index (χ4n) is 1.62. The highest BCUT2D eigenvalue weighted by Crippen LogP contribution is 2.24. The van der Waals surface area contributed by atoms with Gasteiger partial charge in [0.25, 0.3) is 0 Å². The van der Waals surface area contributed by atoms with Gasteiger partial charge < -0.3 is 15.8 Å². The average molecular weight is 287 g/mol. The van der Waals surface area contributed by atoms with Crippen molar-refractivity contribution in [2.24, 2.45) is 11.1 Å². The highest BCUT2D eigenvalue weighted by Gasteiger charge is 2.16. The molecular weight excluding hydrogens is 266 g/mol. The standard InChI is InChI=1S/C12H21N3O3S/c1-8(2)12(7-18-3)15-11-6-9(19(14,16)17)4-5-10(11)13/h4-6,8,12,15H,7,13H2,1-3H3,(H2,14,16,17). The van der Waals surface area contributed by atoms with Crippen LogP contribution in [0.2, 0.25) is 0 Å². The van der Waals surface area contributed by atoms with Crippen LogP contribution in [-0.2, 0) is 14.8 Å². The molecule has 0 saturated heterocycles. The Bertz CT molecular complexity index is 529. The number of rotatable bonds is 6. The first-order chi connectivity index (χ1) is 8.75. The first-order valence-corrected chi connectivity index (χ1v) is 7.48. The second kappa shape index (κ2) is 6.23. The van der Waals surface area contributed by atoms with Crippen molar-refractivity contribution in [1.29, 1.82) is 0 Å². The number of nitrogens with one attached hydrogen (secondary N) is 1. The van der Waals surface area contributed by atoms with Crippen LogP contribution >= 0.6 is 0 Å². The summed E-state index contributed by atoms with van der Waals surface area (Å²) in [6.07, 6.45) is 0. The molecule has 0 aliphatic rings. The molecule has 0 spiro atoms. The molecular formula is C12H21N3O3S. The van der Waals surface area contributed by atoms with Gasteiger partial charge in [-0.3, -0.25) is 0 Å². The quantitative estimate of drug-likeness (QED) is 0.676. The van der Waals surface area contributed by atoms with Crippen molar-refractivity contribution in [2.75, 3.05) is 24.8 Å². The number of nitrogen functional groups attached to an aromatic ring is 1. The Morgan fingerprint density at radius 2 is 2.00 bits per heavy atom. The van der Waals surface area contributed by atoms with E-state index in [1.165, 1.54) is 18.2 Å². The first-order valence-electron chi connectivity index (χ1n) is 5.93. The van der Waals surface area contributed by atoms with E-state index in [2.05, 4.69) is 5.32 Å². The van der Waals surface area contributed by atoms with E-state index < -0.39 is 10.0 Å². The summed E-state index contributed by atoms with van der Waals surface area (Å²) in [4.78, 5) is 0.0316. The van der Waals surface area contributed by atoms with Crippen LogP contribution in [0, 0.1) is 5.92 Å². The fourth-order valence-corrected chi connectivity index (χ4v) is 2.16. The molecule has 1 atom stereocenters. The third-order valence-corrected chi connectivity index (χ3v) is 3.76. The predicted molar refractivity (Wildman–Crippen MR) is 76.4 cm³/mol. The SMILES string of the molecule is COCC(Nc1cc(S(N)(=O)=O)ccc1N)C(C)C. The summed E-state index contributed by atoms with van der Waals surface area (Å²) in [7, 11) is -2.12. The van der Waals surface area contributed by atoms with Crippen LogP contribution < -0.4 is 16.2 Å². The average Bonchev–Trinajstić information content (AvgIpc) is 2.29. The highest BCUT2D eigenvalue weighted by molar-refractivity contribution is 7.89. The van der Waals surface area contributed by atoms with Crippen molar-refractivity contribution in [3.05, 3.63) is 18.2 Å². The Balaban J connectivity index is 3.05. The van der Waals surface area contributed by atoms with Crippen LogP contribution in [0.25, 0.3) is 0 Å². The van der Waals surface area contributed by atoms with Gasteiger partial charge in [0.15, 0.2) is 0 Å². The smallest absolute Gasteiger partial charge is 0.238 e. The van der Waals surface area contributed by atoms with Crippen molar-refractivity contribution < 1.29 is 13.2 Å². The lowest BCUT2D eigenvalue weighted by molar-refractivity contribution is 0.171. The molecule has 0 amide bonds. The molecule has 108 valence electrons. The van der Waals surface area contributed by atoms with Crippen LogP contribution in [0.4, 0.5) is 11.4 Å². The molecule has 5 N–H and O–H groups in total. The molecule has 19 heavy (non-hydrogen) atoms. The van der Waals surface area contributed by atoms with E-state index in [0.29, 0.717) is 23.9 Å². The zero-order chi connectivity index (χ0) is 14.6. The number of primary sulfonamides is 1. The van der Waals surface area contributed by atoms with Crippen molar-refractivity contribution in [2.45, 2.75) is 24.8 Å². The van der Waals surface area contributed by atoms with Crippen molar-refractivity contribution in [1.82, 2.24) is 0 Å². The minimum absolute atomic E-state index is 0.0306. The number of benzene rings is 1. The molecule has 0 aliphatic heterocycles. The molecule has 1 aromatic carbocycles. The third kappa shape index (κ3) is 4.38. The zero-order valence-corrected chi connectivity index (χ0v) is 12.2. The van der Waals surface area contributed by atoms with Gasteiger partial charge in [0, 0.05) is 7.11 Å². The molecule has 0 heterocycles. The second-order valence-electron chi connectivity index (χ2n) is 4.74. The molecule has 1 rings (SSSR count). The van der Waals surface area contributed by atoms with E-state index in [-0.39, 0.29) is 10.9 Å². The van der Waals surface area contributed by atoms with Crippen LogP contribution in [-0.4, -0.2) is 28.2 Å². The maximum Gasteiger partial charge on any atom is 0.238 e. The van der Waals surface area contributed by atoms with Crippen molar-refractivity contribution in [3.8, 4) is 0 Å². The van der Waals surface area contributed by atoms with Crippen LogP contribution in [0.5, 0.6) is 0 Å². The zero-order valence-electron chi connectivity index (χ0n) is 11.4. The van der Waals surface area contributed by atoms with Crippen LogP contribution in [0.1, 0.15) is 13.8 Å². The number of hydrogen-bond donors (Lipinski definition) is 3. The van der Waals surface area contributed by atoms with Gasteiger partial charge >= 0.3 is 0 Å². The van der Waals surface area contributed by atoms with Gasteiger partial charge in [-0.05, 0) is 24.1 Å². The van der Waals surface area contributed by atoms with Crippen LogP contribution in [0.15, 0.2) is 23.1 Å². The molecule has 0 saturated carbocycles.